The van der Waals surface area contributed by atoms with Crippen molar-refractivity contribution in [1.29, 1.82) is 0 Å². The van der Waals surface area contributed by atoms with Crippen LogP contribution in [0.2, 0.25) is 0 Å². The zero-order valence-corrected chi connectivity index (χ0v) is 18.9. The summed E-state index contributed by atoms with van der Waals surface area (Å²) < 4.78 is 20.3. The molecule has 0 atom stereocenters. The van der Waals surface area contributed by atoms with Crippen molar-refractivity contribution in [2.24, 2.45) is 0 Å². The lowest BCUT2D eigenvalue weighted by atomic mass is 10.2. The van der Waals surface area contributed by atoms with Gasteiger partial charge >= 0.3 is 6.03 Å². The summed E-state index contributed by atoms with van der Waals surface area (Å²) in [5.41, 5.74) is 2.77. The van der Waals surface area contributed by atoms with E-state index in [9.17, 15) is 9.18 Å². The topological polar surface area (TPSA) is 102 Å². The summed E-state index contributed by atoms with van der Waals surface area (Å²) in [6, 6.07) is 3.08. The lowest BCUT2D eigenvalue weighted by molar-refractivity contribution is 0.152. The average molecular weight is 444 g/mol. The van der Waals surface area contributed by atoms with Gasteiger partial charge in [-0.05, 0) is 40.2 Å². The van der Waals surface area contributed by atoms with E-state index in [1.165, 1.54) is 6.07 Å². The first kappa shape index (κ1) is 22.1. The Labute approximate surface area is 186 Å². The fraction of sp³-hybridized carbons (Fsp3) is 0.500. The highest BCUT2D eigenvalue weighted by Gasteiger charge is 2.23. The normalized spacial score (nSPS) is 14.9. The number of halogens is 1. The fourth-order valence-corrected chi connectivity index (χ4v) is 4.17. The number of urea groups is 1. The highest BCUT2D eigenvalue weighted by Crippen LogP contribution is 2.30. The molecular formula is C22H30FN7O2. The van der Waals surface area contributed by atoms with E-state index in [0.29, 0.717) is 53.7 Å². The van der Waals surface area contributed by atoms with Crippen molar-refractivity contribution in [3.05, 3.63) is 24.1 Å². The molecule has 0 saturated carbocycles. The SMILES string of the molecule is CC(C)N(C(=O)Nc1cn[nH]c1-c1nc2cc(N3CCCOCC3)c(F)cc2[nH]1)C(C)C. The van der Waals surface area contributed by atoms with Crippen LogP contribution < -0.4 is 10.2 Å². The number of hydrogen-bond donors (Lipinski definition) is 3. The molecule has 1 fully saturated rings. The zero-order valence-electron chi connectivity index (χ0n) is 18.9. The van der Waals surface area contributed by atoms with Gasteiger partial charge in [-0.2, -0.15) is 5.10 Å². The van der Waals surface area contributed by atoms with E-state index < -0.39 is 0 Å². The Morgan fingerprint density at radius 1 is 1.22 bits per heavy atom. The Bertz CT molecular complexity index is 1080. The van der Waals surface area contributed by atoms with Gasteiger partial charge in [-0.25, -0.2) is 14.2 Å². The van der Waals surface area contributed by atoms with Crippen LogP contribution in [0.25, 0.3) is 22.6 Å². The van der Waals surface area contributed by atoms with Gasteiger partial charge < -0.3 is 24.8 Å². The third-order valence-corrected chi connectivity index (χ3v) is 5.58. The molecule has 10 heteroatoms. The molecule has 0 spiro atoms. The van der Waals surface area contributed by atoms with Gasteiger partial charge in [-0.3, -0.25) is 5.10 Å². The summed E-state index contributed by atoms with van der Waals surface area (Å²) in [6.45, 7) is 10.5. The Balaban J connectivity index is 1.62. The first-order valence-electron chi connectivity index (χ1n) is 11.0. The number of nitrogens with zero attached hydrogens (tertiary/aromatic N) is 4. The highest BCUT2D eigenvalue weighted by atomic mass is 19.1. The highest BCUT2D eigenvalue weighted by molar-refractivity contribution is 5.94. The van der Waals surface area contributed by atoms with Crippen LogP contribution in [-0.2, 0) is 4.74 Å². The van der Waals surface area contributed by atoms with Gasteiger partial charge in [0.05, 0.1) is 35.2 Å². The molecular weight excluding hydrogens is 413 g/mol. The molecule has 0 radical (unpaired) electrons. The summed E-state index contributed by atoms with van der Waals surface area (Å²) in [4.78, 5) is 24.3. The van der Waals surface area contributed by atoms with E-state index in [1.54, 1.807) is 17.2 Å². The smallest absolute Gasteiger partial charge is 0.322 e. The van der Waals surface area contributed by atoms with Crippen LogP contribution in [0.4, 0.5) is 20.6 Å². The van der Waals surface area contributed by atoms with E-state index in [4.69, 9.17) is 4.74 Å². The number of H-pyrrole nitrogens is 2. The van der Waals surface area contributed by atoms with Crippen LogP contribution in [0.1, 0.15) is 34.1 Å². The Kier molecular flexibility index (Phi) is 6.31. The largest absolute Gasteiger partial charge is 0.380 e. The third kappa shape index (κ3) is 4.40. The summed E-state index contributed by atoms with van der Waals surface area (Å²) >= 11 is 0. The molecule has 0 unspecified atom stereocenters. The number of anilines is 2. The molecule has 3 heterocycles. The molecule has 32 heavy (non-hydrogen) atoms. The lowest BCUT2D eigenvalue weighted by Crippen LogP contribution is -2.44. The number of aromatic amines is 2. The number of aromatic nitrogens is 4. The molecule has 0 bridgehead atoms. The van der Waals surface area contributed by atoms with Gasteiger partial charge in [0.2, 0.25) is 0 Å². The van der Waals surface area contributed by atoms with Gasteiger partial charge in [0, 0.05) is 37.8 Å². The molecule has 4 rings (SSSR count). The van der Waals surface area contributed by atoms with E-state index in [-0.39, 0.29) is 23.9 Å². The molecule has 172 valence electrons. The van der Waals surface area contributed by atoms with E-state index in [0.717, 1.165) is 13.0 Å². The second kappa shape index (κ2) is 9.15. The first-order chi connectivity index (χ1) is 15.3. The molecule has 1 aliphatic rings. The van der Waals surface area contributed by atoms with Gasteiger partial charge in [-0.15, -0.1) is 0 Å². The molecule has 3 N–H and O–H groups in total. The van der Waals surface area contributed by atoms with Crippen LogP contribution in [0.3, 0.4) is 0 Å². The summed E-state index contributed by atoms with van der Waals surface area (Å²) in [7, 11) is 0. The van der Waals surface area contributed by atoms with Crippen LogP contribution in [0.15, 0.2) is 18.3 Å². The molecule has 2 aromatic heterocycles. The number of rotatable bonds is 5. The molecule has 2 amide bonds. The van der Waals surface area contributed by atoms with Gasteiger partial charge in [-0.1, -0.05) is 0 Å². The molecule has 9 nitrogen and oxygen atoms in total. The predicted octanol–water partition coefficient (Wildman–Crippen LogP) is 3.97. The number of hydrogen-bond acceptors (Lipinski definition) is 5. The van der Waals surface area contributed by atoms with Crippen LogP contribution in [-0.4, -0.2) is 69.5 Å². The maximum atomic E-state index is 14.9. The monoisotopic (exact) mass is 443 g/mol. The first-order valence-corrected chi connectivity index (χ1v) is 11.0. The van der Waals surface area contributed by atoms with Gasteiger partial charge in [0.15, 0.2) is 5.82 Å². The minimum Gasteiger partial charge on any atom is -0.380 e. The Hall–Kier alpha value is -3.14. The minimum atomic E-state index is -0.308. The second-order valence-electron chi connectivity index (χ2n) is 8.54. The van der Waals surface area contributed by atoms with Crippen molar-refractivity contribution in [3.63, 3.8) is 0 Å². The number of carbonyl (C=O) groups excluding carboxylic acids is 1. The summed E-state index contributed by atoms with van der Waals surface area (Å²) in [6.07, 6.45) is 2.40. The maximum Gasteiger partial charge on any atom is 0.322 e. The molecule has 3 aromatic rings. The third-order valence-electron chi connectivity index (χ3n) is 5.58. The number of fused-ring (bicyclic) bond motifs is 1. The van der Waals surface area contributed by atoms with Crippen molar-refractivity contribution in [3.8, 4) is 11.5 Å². The quantitative estimate of drug-likeness (QED) is 0.554. The number of carbonyl (C=O) groups is 1. The fourth-order valence-electron chi connectivity index (χ4n) is 4.17. The van der Waals surface area contributed by atoms with Crippen LogP contribution in [0, 0.1) is 5.82 Å². The number of ether oxygens (including phenoxy) is 1. The van der Waals surface area contributed by atoms with E-state index in [1.807, 2.05) is 32.6 Å². The number of benzene rings is 1. The molecule has 1 aliphatic heterocycles. The molecule has 1 aromatic carbocycles. The van der Waals surface area contributed by atoms with Crippen molar-refractivity contribution >= 4 is 28.4 Å². The molecule has 1 saturated heterocycles. The Morgan fingerprint density at radius 3 is 2.75 bits per heavy atom. The molecule has 0 aliphatic carbocycles. The second-order valence-corrected chi connectivity index (χ2v) is 8.54. The van der Waals surface area contributed by atoms with Crippen LogP contribution in [0.5, 0.6) is 0 Å². The van der Waals surface area contributed by atoms with Crippen molar-refractivity contribution < 1.29 is 13.9 Å². The van der Waals surface area contributed by atoms with Crippen LogP contribution >= 0.6 is 0 Å². The van der Waals surface area contributed by atoms with Crippen molar-refractivity contribution in [2.75, 3.05) is 36.5 Å². The zero-order chi connectivity index (χ0) is 22.8. The summed E-state index contributed by atoms with van der Waals surface area (Å²) in [5.74, 6) is 0.168. The summed E-state index contributed by atoms with van der Waals surface area (Å²) in [5, 5.41) is 9.88. The predicted molar refractivity (Wildman–Crippen MR) is 122 cm³/mol. The standard InChI is InChI=1S/C22H30FN7O2/c1-13(2)30(14(3)4)22(31)27-18-12-24-28-20(18)21-25-16-10-15(23)19(11-17(16)26-21)29-6-5-8-32-9-7-29/h10-14H,5-9H2,1-4H3,(H,24,28)(H,25,26)(H,27,31). The Morgan fingerprint density at radius 2 is 2.00 bits per heavy atom. The maximum absolute atomic E-state index is 14.9. The van der Waals surface area contributed by atoms with E-state index in [2.05, 4.69) is 25.5 Å². The minimum absolute atomic E-state index is 0.0438. The van der Waals surface area contributed by atoms with Crippen molar-refractivity contribution in [2.45, 2.75) is 46.2 Å². The van der Waals surface area contributed by atoms with Gasteiger partial charge in [0.25, 0.3) is 0 Å². The van der Waals surface area contributed by atoms with Gasteiger partial charge in [0.1, 0.15) is 11.5 Å². The van der Waals surface area contributed by atoms with E-state index >= 15 is 0 Å². The number of nitrogens with one attached hydrogen (secondary N) is 3. The van der Waals surface area contributed by atoms with Crippen molar-refractivity contribution in [1.82, 2.24) is 25.1 Å². The number of amides is 2. The average Bonchev–Trinajstić information content (AvgIpc) is 3.24. The number of imidazole rings is 1. The lowest BCUT2D eigenvalue weighted by Gasteiger charge is -2.30.